The Morgan fingerprint density at radius 1 is 1.23 bits per heavy atom. The standard InChI is InChI=1S/C20H29N5O4S/c1-3-21-20(22-15-17(2)29-19-7-5-4-6-8-19)24-10-12-25(13-11-24)30(26,27)16-18-9-14-28-23-18/h4-9,14,17H,3,10-13,15-16H2,1-2H3,(H,21,22). The molecule has 0 saturated carbocycles. The number of nitrogens with one attached hydrogen (secondary N) is 1. The molecular weight excluding hydrogens is 406 g/mol. The quantitative estimate of drug-likeness (QED) is 0.496. The third-order valence-corrected chi connectivity index (χ3v) is 6.48. The Morgan fingerprint density at radius 2 is 1.97 bits per heavy atom. The van der Waals surface area contributed by atoms with Gasteiger partial charge in [-0.05, 0) is 26.0 Å². The molecule has 0 bridgehead atoms. The number of hydrogen-bond acceptors (Lipinski definition) is 6. The highest BCUT2D eigenvalue weighted by Crippen LogP contribution is 2.14. The number of hydrogen-bond donors (Lipinski definition) is 1. The summed E-state index contributed by atoms with van der Waals surface area (Å²) < 4.78 is 37.3. The van der Waals surface area contributed by atoms with Gasteiger partial charge in [0.05, 0.1) is 12.2 Å². The van der Waals surface area contributed by atoms with E-state index < -0.39 is 10.0 Å². The van der Waals surface area contributed by atoms with E-state index in [1.54, 1.807) is 6.07 Å². The summed E-state index contributed by atoms with van der Waals surface area (Å²) in [6, 6.07) is 11.2. The number of nitrogens with zero attached hydrogens (tertiary/aromatic N) is 4. The number of aliphatic imine (C=N–C) groups is 1. The number of para-hydroxylation sites is 1. The second kappa shape index (κ2) is 10.4. The Hall–Kier alpha value is -2.59. The van der Waals surface area contributed by atoms with Crippen LogP contribution in [0.2, 0.25) is 0 Å². The lowest BCUT2D eigenvalue weighted by molar-refractivity contribution is 0.227. The van der Waals surface area contributed by atoms with Crippen molar-refractivity contribution >= 4 is 16.0 Å². The van der Waals surface area contributed by atoms with Crippen molar-refractivity contribution < 1.29 is 17.7 Å². The molecule has 1 N–H and O–H groups in total. The molecule has 30 heavy (non-hydrogen) atoms. The predicted molar refractivity (Wildman–Crippen MR) is 115 cm³/mol. The van der Waals surface area contributed by atoms with Gasteiger partial charge in [0.25, 0.3) is 0 Å². The van der Waals surface area contributed by atoms with Crippen LogP contribution in [-0.4, -0.2) is 74.1 Å². The van der Waals surface area contributed by atoms with Gasteiger partial charge in [-0.2, -0.15) is 4.31 Å². The van der Waals surface area contributed by atoms with Gasteiger partial charge in [-0.3, -0.25) is 0 Å². The second-order valence-corrected chi connectivity index (χ2v) is 9.04. The molecule has 2 heterocycles. The summed E-state index contributed by atoms with van der Waals surface area (Å²) in [6.45, 7) is 7.17. The van der Waals surface area contributed by atoms with Crippen LogP contribution in [0.3, 0.4) is 0 Å². The number of sulfonamides is 1. The molecule has 1 saturated heterocycles. The summed E-state index contributed by atoms with van der Waals surface area (Å²) >= 11 is 0. The van der Waals surface area contributed by atoms with Gasteiger partial charge in [0.1, 0.15) is 23.9 Å². The molecule has 1 aliphatic rings. The average Bonchev–Trinajstić information content (AvgIpc) is 3.24. The van der Waals surface area contributed by atoms with Crippen LogP contribution in [0.4, 0.5) is 0 Å². The van der Waals surface area contributed by atoms with Gasteiger partial charge in [0.15, 0.2) is 5.96 Å². The van der Waals surface area contributed by atoms with E-state index in [1.807, 2.05) is 44.2 Å². The third-order valence-electron chi connectivity index (χ3n) is 4.67. The third kappa shape index (κ3) is 6.20. The topological polar surface area (TPSA) is 100 Å². The van der Waals surface area contributed by atoms with Gasteiger partial charge in [-0.25, -0.2) is 13.4 Å². The molecule has 10 heteroatoms. The molecular formula is C20H29N5O4S. The minimum Gasteiger partial charge on any atom is -0.489 e. The first kappa shape index (κ1) is 22.1. The van der Waals surface area contributed by atoms with Crippen molar-refractivity contribution in [2.75, 3.05) is 39.3 Å². The Bertz CT molecular complexity index is 895. The van der Waals surface area contributed by atoms with Crippen LogP contribution in [-0.2, 0) is 15.8 Å². The Kier molecular flexibility index (Phi) is 7.69. The summed E-state index contributed by atoms with van der Waals surface area (Å²) in [7, 11) is -3.42. The molecule has 164 valence electrons. The Balaban J connectivity index is 1.55. The highest BCUT2D eigenvalue weighted by Gasteiger charge is 2.29. The molecule has 0 amide bonds. The lowest BCUT2D eigenvalue weighted by Crippen LogP contribution is -2.54. The van der Waals surface area contributed by atoms with Crippen LogP contribution >= 0.6 is 0 Å². The SMILES string of the molecule is CCNC(=NCC(C)Oc1ccccc1)N1CCN(S(=O)(=O)Cc2ccon2)CC1. The van der Waals surface area contributed by atoms with E-state index in [4.69, 9.17) is 14.3 Å². The van der Waals surface area contributed by atoms with E-state index in [1.165, 1.54) is 10.6 Å². The summed E-state index contributed by atoms with van der Waals surface area (Å²) in [6.07, 6.45) is 1.30. The predicted octanol–water partition coefficient (Wildman–Crippen LogP) is 1.56. The highest BCUT2D eigenvalue weighted by molar-refractivity contribution is 7.88. The number of benzene rings is 1. The molecule has 9 nitrogen and oxygen atoms in total. The fourth-order valence-corrected chi connectivity index (χ4v) is 4.60. The summed E-state index contributed by atoms with van der Waals surface area (Å²) in [5, 5.41) is 6.99. The van der Waals surface area contributed by atoms with Crippen molar-refractivity contribution in [2.24, 2.45) is 4.99 Å². The maximum absolute atomic E-state index is 12.6. The molecule has 1 aliphatic heterocycles. The van der Waals surface area contributed by atoms with Crippen molar-refractivity contribution in [2.45, 2.75) is 25.7 Å². The first-order valence-electron chi connectivity index (χ1n) is 10.1. The number of guanidine groups is 1. The molecule has 1 aromatic heterocycles. The van der Waals surface area contributed by atoms with Gasteiger partial charge in [-0.1, -0.05) is 23.4 Å². The fraction of sp³-hybridized carbons (Fsp3) is 0.500. The van der Waals surface area contributed by atoms with E-state index in [9.17, 15) is 8.42 Å². The maximum Gasteiger partial charge on any atom is 0.220 e. The van der Waals surface area contributed by atoms with Crippen LogP contribution in [0.15, 0.2) is 52.2 Å². The number of ether oxygens (including phenoxy) is 1. The number of aromatic nitrogens is 1. The van der Waals surface area contributed by atoms with Crippen molar-refractivity contribution in [3.8, 4) is 5.75 Å². The minimum absolute atomic E-state index is 0.0785. The van der Waals surface area contributed by atoms with Gasteiger partial charge in [-0.15, -0.1) is 0 Å². The zero-order chi connectivity index (χ0) is 21.4. The zero-order valence-corrected chi connectivity index (χ0v) is 18.2. The van der Waals surface area contributed by atoms with Gasteiger partial charge < -0.3 is 19.5 Å². The molecule has 0 aliphatic carbocycles. The Labute approximate surface area is 177 Å². The van der Waals surface area contributed by atoms with Gasteiger partial charge >= 0.3 is 0 Å². The number of piperazine rings is 1. The zero-order valence-electron chi connectivity index (χ0n) is 17.4. The van der Waals surface area contributed by atoms with Crippen LogP contribution in [0, 0.1) is 0 Å². The first-order chi connectivity index (χ1) is 14.5. The molecule has 1 fully saturated rings. The smallest absolute Gasteiger partial charge is 0.220 e. The van der Waals surface area contributed by atoms with Crippen LogP contribution in [0.5, 0.6) is 5.75 Å². The molecule has 1 unspecified atom stereocenters. The van der Waals surface area contributed by atoms with E-state index in [2.05, 4.69) is 15.4 Å². The van der Waals surface area contributed by atoms with Crippen molar-refractivity contribution in [3.63, 3.8) is 0 Å². The van der Waals surface area contributed by atoms with Gasteiger partial charge in [0.2, 0.25) is 10.0 Å². The first-order valence-corrected chi connectivity index (χ1v) is 11.7. The van der Waals surface area contributed by atoms with Crippen molar-refractivity contribution in [1.29, 1.82) is 0 Å². The highest BCUT2D eigenvalue weighted by atomic mass is 32.2. The van der Waals surface area contributed by atoms with E-state index in [0.717, 1.165) is 18.3 Å². The minimum atomic E-state index is -3.42. The second-order valence-electron chi connectivity index (χ2n) is 7.07. The van der Waals surface area contributed by atoms with Crippen molar-refractivity contribution in [1.82, 2.24) is 19.7 Å². The molecule has 1 aromatic carbocycles. The fourth-order valence-electron chi connectivity index (χ4n) is 3.18. The molecule has 3 rings (SSSR count). The van der Waals surface area contributed by atoms with Crippen LogP contribution in [0.1, 0.15) is 19.5 Å². The normalized spacial score (nSPS) is 17.0. The molecule has 1 atom stereocenters. The summed E-state index contributed by atoms with van der Waals surface area (Å²) in [5.41, 5.74) is 0.416. The van der Waals surface area contributed by atoms with E-state index >= 15 is 0 Å². The van der Waals surface area contributed by atoms with Gasteiger partial charge in [0, 0.05) is 38.8 Å². The molecule has 0 spiro atoms. The van der Waals surface area contributed by atoms with E-state index in [-0.39, 0.29) is 11.9 Å². The molecule has 0 radical (unpaired) electrons. The average molecular weight is 436 g/mol. The lowest BCUT2D eigenvalue weighted by Gasteiger charge is -2.35. The lowest BCUT2D eigenvalue weighted by atomic mass is 10.3. The number of rotatable bonds is 8. The molecule has 2 aromatic rings. The monoisotopic (exact) mass is 435 g/mol. The van der Waals surface area contributed by atoms with Crippen LogP contribution < -0.4 is 10.1 Å². The summed E-state index contributed by atoms with van der Waals surface area (Å²) in [4.78, 5) is 6.78. The van der Waals surface area contributed by atoms with Crippen molar-refractivity contribution in [3.05, 3.63) is 48.4 Å². The van der Waals surface area contributed by atoms with E-state index in [0.29, 0.717) is 38.4 Å². The maximum atomic E-state index is 12.6. The largest absolute Gasteiger partial charge is 0.489 e. The van der Waals surface area contributed by atoms with Crippen LogP contribution in [0.25, 0.3) is 0 Å². The Morgan fingerprint density at radius 3 is 2.60 bits per heavy atom. The summed E-state index contributed by atoms with van der Waals surface area (Å²) in [5.74, 6) is 1.44.